The van der Waals surface area contributed by atoms with E-state index < -0.39 is 23.4 Å². The molecule has 0 aliphatic carbocycles. The van der Waals surface area contributed by atoms with E-state index in [-0.39, 0.29) is 6.04 Å². The molecule has 2 aromatic carbocycles. The molecule has 0 spiro atoms. The lowest BCUT2D eigenvalue weighted by atomic mass is 10.0. The standard InChI is InChI=1S/C19H19F2N3OS/c1-24(2)16(13-11-26-17-9-4-3-6-12(13)17)10-22-19(25)23-18-14(20)7-5-8-15(18)21/h3-9,11,16H,10H2,1-2H3,(H2,22,23,25). The fourth-order valence-electron chi connectivity index (χ4n) is 2.79. The number of likely N-dealkylation sites (N-methyl/N-ethyl adjacent to an activating group) is 1. The molecule has 2 amide bonds. The Kier molecular flexibility index (Phi) is 5.49. The summed E-state index contributed by atoms with van der Waals surface area (Å²) < 4.78 is 28.5. The molecule has 4 nitrogen and oxygen atoms in total. The number of para-hydroxylation sites is 1. The third-order valence-electron chi connectivity index (χ3n) is 4.15. The fourth-order valence-corrected chi connectivity index (χ4v) is 3.80. The van der Waals surface area contributed by atoms with E-state index in [1.807, 2.05) is 37.2 Å². The zero-order chi connectivity index (χ0) is 18.7. The minimum absolute atomic E-state index is 0.0673. The molecule has 0 saturated carbocycles. The Morgan fingerprint density at radius 3 is 2.50 bits per heavy atom. The van der Waals surface area contributed by atoms with E-state index in [0.717, 1.165) is 23.1 Å². The summed E-state index contributed by atoms with van der Waals surface area (Å²) in [5, 5.41) is 8.15. The first-order chi connectivity index (χ1) is 12.5. The van der Waals surface area contributed by atoms with E-state index >= 15 is 0 Å². The van der Waals surface area contributed by atoms with Crippen LogP contribution in [0.3, 0.4) is 0 Å². The SMILES string of the molecule is CN(C)C(CNC(=O)Nc1c(F)cccc1F)c1csc2ccccc12. The van der Waals surface area contributed by atoms with Gasteiger partial charge in [-0.25, -0.2) is 13.6 Å². The van der Waals surface area contributed by atoms with Crippen LogP contribution >= 0.6 is 11.3 Å². The van der Waals surface area contributed by atoms with Gasteiger partial charge in [-0.3, -0.25) is 0 Å². The van der Waals surface area contributed by atoms with Crippen molar-refractivity contribution >= 4 is 33.1 Å². The number of thiophene rings is 1. The predicted octanol–water partition coefficient (Wildman–Crippen LogP) is 4.60. The second kappa shape index (κ2) is 7.80. The number of hydrogen-bond acceptors (Lipinski definition) is 3. The zero-order valence-electron chi connectivity index (χ0n) is 14.4. The number of halogens is 2. The summed E-state index contributed by atoms with van der Waals surface area (Å²) in [5.74, 6) is -1.62. The number of carbonyl (C=O) groups is 1. The molecule has 3 rings (SSSR count). The molecule has 7 heteroatoms. The van der Waals surface area contributed by atoms with Crippen LogP contribution in [-0.2, 0) is 0 Å². The van der Waals surface area contributed by atoms with Crippen molar-refractivity contribution in [2.45, 2.75) is 6.04 Å². The molecule has 136 valence electrons. The van der Waals surface area contributed by atoms with Crippen molar-refractivity contribution in [1.82, 2.24) is 10.2 Å². The number of hydrogen-bond donors (Lipinski definition) is 2. The molecule has 0 bridgehead atoms. The summed E-state index contributed by atoms with van der Waals surface area (Å²) in [7, 11) is 3.85. The minimum atomic E-state index is -0.812. The van der Waals surface area contributed by atoms with Gasteiger partial charge in [-0.05, 0) is 48.6 Å². The van der Waals surface area contributed by atoms with Crippen molar-refractivity contribution in [2.24, 2.45) is 0 Å². The van der Waals surface area contributed by atoms with Gasteiger partial charge in [0.05, 0.1) is 6.04 Å². The topological polar surface area (TPSA) is 44.4 Å². The van der Waals surface area contributed by atoms with Gasteiger partial charge in [-0.1, -0.05) is 24.3 Å². The van der Waals surface area contributed by atoms with E-state index in [1.165, 1.54) is 10.8 Å². The van der Waals surface area contributed by atoms with Crippen molar-refractivity contribution in [1.29, 1.82) is 0 Å². The monoisotopic (exact) mass is 375 g/mol. The Bertz CT molecular complexity index is 906. The van der Waals surface area contributed by atoms with Gasteiger partial charge in [-0.2, -0.15) is 0 Å². The summed E-state index contributed by atoms with van der Waals surface area (Å²) in [6, 6.07) is 10.8. The maximum atomic E-state index is 13.6. The van der Waals surface area contributed by atoms with Crippen molar-refractivity contribution in [2.75, 3.05) is 26.0 Å². The van der Waals surface area contributed by atoms with Crippen LogP contribution in [0.5, 0.6) is 0 Å². The Morgan fingerprint density at radius 2 is 1.81 bits per heavy atom. The van der Waals surface area contributed by atoms with E-state index in [2.05, 4.69) is 22.1 Å². The Labute approximate surface area is 154 Å². The average molecular weight is 375 g/mol. The van der Waals surface area contributed by atoms with Gasteiger partial charge in [-0.15, -0.1) is 11.3 Å². The number of rotatable bonds is 5. The van der Waals surface area contributed by atoms with E-state index in [9.17, 15) is 13.6 Å². The Balaban J connectivity index is 1.72. The molecule has 1 unspecified atom stereocenters. The first kappa shape index (κ1) is 18.3. The van der Waals surface area contributed by atoms with Gasteiger partial charge in [0.2, 0.25) is 0 Å². The molecule has 0 fully saturated rings. The third kappa shape index (κ3) is 3.84. The highest BCUT2D eigenvalue weighted by Crippen LogP contribution is 2.32. The molecule has 26 heavy (non-hydrogen) atoms. The maximum Gasteiger partial charge on any atom is 0.319 e. The summed E-state index contributed by atoms with van der Waals surface area (Å²) in [5.41, 5.74) is 0.653. The minimum Gasteiger partial charge on any atom is -0.336 e. The van der Waals surface area contributed by atoms with Crippen LogP contribution in [0.2, 0.25) is 0 Å². The fraction of sp³-hybridized carbons (Fsp3) is 0.211. The molecule has 1 heterocycles. The Hall–Kier alpha value is -2.51. The van der Waals surface area contributed by atoms with Crippen LogP contribution in [0.1, 0.15) is 11.6 Å². The molecule has 1 atom stereocenters. The molecule has 0 radical (unpaired) electrons. The largest absolute Gasteiger partial charge is 0.336 e. The number of nitrogens with one attached hydrogen (secondary N) is 2. The number of carbonyl (C=O) groups excluding carboxylic acids is 1. The van der Waals surface area contributed by atoms with Crippen LogP contribution in [0.4, 0.5) is 19.3 Å². The lowest BCUT2D eigenvalue weighted by molar-refractivity contribution is 0.243. The second-order valence-corrected chi connectivity index (χ2v) is 7.01. The lowest BCUT2D eigenvalue weighted by Gasteiger charge is -2.24. The number of nitrogens with zero attached hydrogens (tertiary/aromatic N) is 1. The van der Waals surface area contributed by atoms with E-state index in [1.54, 1.807) is 11.3 Å². The molecule has 0 aliphatic heterocycles. The van der Waals surface area contributed by atoms with Crippen LogP contribution < -0.4 is 10.6 Å². The van der Waals surface area contributed by atoms with E-state index in [0.29, 0.717) is 6.54 Å². The van der Waals surface area contributed by atoms with Crippen molar-refractivity contribution in [3.05, 3.63) is 65.0 Å². The van der Waals surface area contributed by atoms with Crippen LogP contribution in [0.25, 0.3) is 10.1 Å². The predicted molar refractivity (Wildman–Crippen MR) is 102 cm³/mol. The zero-order valence-corrected chi connectivity index (χ0v) is 15.2. The second-order valence-electron chi connectivity index (χ2n) is 6.10. The highest BCUT2D eigenvalue weighted by Gasteiger charge is 2.19. The van der Waals surface area contributed by atoms with Gasteiger partial charge >= 0.3 is 6.03 Å². The van der Waals surface area contributed by atoms with Gasteiger partial charge in [0.25, 0.3) is 0 Å². The average Bonchev–Trinajstić information content (AvgIpc) is 3.02. The van der Waals surface area contributed by atoms with E-state index in [4.69, 9.17) is 0 Å². The number of anilines is 1. The van der Waals surface area contributed by atoms with Crippen LogP contribution in [-0.4, -0.2) is 31.6 Å². The first-order valence-electron chi connectivity index (χ1n) is 8.09. The molecule has 3 aromatic rings. The van der Waals surface area contributed by atoms with Crippen molar-refractivity contribution in [3.63, 3.8) is 0 Å². The molecule has 0 aliphatic rings. The summed E-state index contributed by atoms with van der Waals surface area (Å²) in [6.07, 6.45) is 0. The molecular weight excluding hydrogens is 356 g/mol. The van der Waals surface area contributed by atoms with Crippen molar-refractivity contribution in [3.8, 4) is 0 Å². The summed E-state index contributed by atoms with van der Waals surface area (Å²) in [6.45, 7) is 0.301. The summed E-state index contributed by atoms with van der Waals surface area (Å²) in [4.78, 5) is 14.1. The number of fused-ring (bicyclic) bond motifs is 1. The van der Waals surface area contributed by atoms with Gasteiger partial charge in [0, 0.05) is 11.2 Å². The number of benzene rings is 2. The molecule has 0 saturated heterocycles. The molecular formula is C19H19F2N3OS. The van der Waals surface area contributed by atoms with Crippen molar-refractivity contribution < 1.29 is 13.6 Å². The number of amides is 2. The quantitative estimate of drug-likeness (QED) is 0.684. The van der Waals surface area contributed by atoms with Gasteiger partial charge in [0.1, 0.15) is 17.3 Å². The third-order valence-corrected chi connectivity index (χ3v) is 5.13. The van der Waals surface area contributed by atoms with Gasteiger partial charge < -0.3 is 15.5 Å². The normalized spacial score (nSPS) is 12.3. The molecule has 1 aromatic heterocycles. The summed E-state index contributed by atoms with van der Waals surface area (Å²) >= 11 is 1.65. The van der Waals surface area contributed by atoms with Crippen LogP contribution in [0, 0.1) is 11.6 Å². The highest BCUT2D eigenvalue weighted by molar-refractivity contribution is 7.17. The molecule has 2 N–H and O–H groups in total. The maximum absolute atomic E-state index is 13.6. The Morgan fingerprint density at radius 1 is 1.12 bits per heavy atom. The lowest BCUT2D eigenvalue weighted by Crippen LogP contribution is -2.37. The highest BCUT2D eigenvalue weighted by atomic mass is 32.1. The first-order valence-corrected chi connectivity index (χ1v) is 8.96. The van der Waals surface area contributed by atoms with Gasteiger partial charge in [0.15, 0.2) is 0 Å². The number of urea groups is 1. The van der Waals surface area contributed by atoms with Crippen LogP contribution in [0.15, 0.2) is 47.8 Å². The smallest absolute Gasteiger partial charge is 0.319 e.